The van der Waals surface area contributed by atoms with Gasteiger partial charge in [-0.3, -0.25) is 4.79 Å². The van der Waals surface area contributed by atoms with Crippen molar-refractivity contribution in [2.45, 2.75) is 32.4 Å². The molecule has 1 fully saturated rings. The first-order valence-electron chi connectivity index (χ1n) is 6.15. The second-order valence-corrected chi connectivity index (χ2v) is 5.64. The van der Waals surface area contributed by atoms with Gasteiger partial charge in [-0.15, -0.1) is 0 Å². The molecule has 0 bridgehead atoms. The maximum atomic E-state index is 12.0. The molecule has 1 amide bonds. The molecular weight excluding hydrogens is 218 g/mol. The number of amides is 1. The lowest BCUT2D eigenvalue weighted by molar-refractivity contribution is -0.145. The predicted octanol–water partition coefficient (Wildman–Crippen LogP) is -0.0972. The van der Waals surface area contributed by atoms with E-state index in [1.807, 2.05) is 25.7 Å². The maximum Gasteiger partial charge on any atom is 0.248 e. The van der Waals surface area contributed by atoms with Crippen molar-refractivity contribution in [3.05, 3.63) is 0 Å². The predicted molar refractivity (Wildman–Crippen MR) is 67.8 cm³/mol. The number of nitrogens with zero attached hydrogens (tertiary/aromatic N) is 2. The molecule has 1 rings (SSSR count). The minimum Gasteiger partial charge on any atom is -0.366 e. The van der Waals surface area contributed by atoms with E-state index in [0.717, 1.165) is 19.6 Å². The Balaban J connectivity index is 2.50. The van der Waals surface area contributed by atoms with Gasteiger partial charge in [-0.1, -0.05) is 0 Å². The number of rotatable bonds is 3. The highest BCUT2D eigenvalue weighted by molar-refractivity contribution is 5.78. The average Bonchev–Trinajstić information content (AvgIpc) is 2.24. The van der Waals surface area contributed by atoms with Crippen LogP contribution < -0.4 is 5.73 Å². The zero-order valence-electron chi connectivity index (χ0n) is 11.4. The fourth-order valence-electron chi connectivity index (χ4n) is 1.90. The van der Waals surface area contributed by atoms with Gasteiger partial charge in [0.05, 0.1) is 11.6 Å². The number of piperazine rings is 1. The molecule has 0 aliphatic carbocycles. The van der Waals surface area contributed by atoms with E-state index in [9.17, 15) is 4.79 Å². The Morgan fingerprint density at radius 1 is 1.41 bits per heavy atom. The van der Waals surface area contributed by atoms with Crippen LogP contribution in [0.4, 0.5) is 0 Å². The van der Waals surface area contributed by atoms with Crippen LogP contribution in [0.3, 0.4) is 0 Å². The molecule has 17 heavy (non-hydrogen) atoms. The Morgan fingerprint density at radius 3 is 2.59 bits per heavy atom. The van der Waals surface area contributed by atoms with E-state index < -0.39 is 0 Å². The second-order valence-electron chi connectivity index (χ2n) is 5.64. The molecule has 2 N–H and O–H groups in total. The van der Waals surface area contributed by atoms with Crippen molar-refractivity contribution in [1.82, 2.24) is 9.80 Å². The highest BCUT2D eigenvalue weighted by Gasteiger charge is 2.28. The third-order valence-corrected chi connectivity index (χ3v) is 2.91. The van der Waals surface area contributed by atoms with E-state index in [1.165, 1.54) is 0 Å². The van der Waals surface area contributed by atoms with Gasteiger partial charge in [-0.05, 0) is 27.8 Å². The summed E-state index contributed by atoms with van der Waals surface area (Å²) in [6.07, 6.45) is 0. The van der Waals surface area contributed by atoms with Crippen LogP contribution in [0.2, 0.25) is 0 Å². The van der Waals surface area contributed by atoms with Crippen LogP contribution in [0.1, 0.15) is 20.8 Å². The molecule has 1 saturated heterocycles. The molecule has 0 saturated carbocycles. The van der Waals surface area contributed by atoms with E-state index in [0.29, 0.717) is 6.54 Å². The van der Waals surface area contributed by atoms with Gasteiger partial charge in [0, 0.05) is 26.2 Å². The van der Waals surface area contributed by atoms with Gasteiger partial charge in [-0.25, -0.2) is 0 Å². The molecule has 1 aliphatic heterocycles. The standard InChI is InChI=1S/C12H25N3O2/c1-12(2,3)17-9-11(16)15-6-5-14(4)8-10(15)7-13/h10H,5-9,13H2,1-4H3. The summed E-state index contributed by atoms with van der Waals surface area (Å²) in [5.41, 5.74) is 5.44. The number of carbonyl (C=O) groups is 1. The monoisotopic (exact) mass is 243 g/mol. The van der Waals surface area contributed by atoms with Gasteiger partial charge in [0.1, 0.15) is 6.61 Å². The third-order valence-electron chi connectivity index (χ3n) is 2.91. The number of nitrogens with two attached hydrogens (primary N) is 1. The molecule has 0 aromatic carbocycles. The SMILES string of the molecule is CN1CCN(C(=O)COC(C)(C)C)C(CN)C1. The van der Waals surface area contributed by atoms with E-state index in [-0.39, 0.29) is 24.2 Å². The van der Waals surface area contributed by atoms with Gasteiger partial charge in [0.2, 0.25) is 5.91 Å². The fourth-order valence-corrected chi connectivity index (χ4v) is 1.90. The molecule has 1 heterocycles. The van der Waals surface area contributed by atoms with E-state index in [4.69, 9.17) is 10.5 Å². The molecule has 0 radical (unpaired) electrons. The molecule has 100 valence electrons. The fraction of sp³-hybridized carbons (Fsp3) is 0.917. The van der Waals surface area contributed by atoms with Crippen LogP contribution in [0.25, 0.3) is 0 Å². The number of carbonyl (C=O) groups excluding carboxylic acids is 1. The summed E-state index contributed by atoms with van der Waals surface area (Å²) >= 11 is 0. The van der Waals surface area contributed by atoms with Crippen molar-refractivity contribution >= 4 is 5.91 Å². The van der Waals surface area contributed by atoms with Crippen molar-refractivity contribution in [1.29, 1.82) is 0 Å². The first kappa shape index (κ1) is 14.4. The first-order chi connectivity index (χ1) is 7.83. The van der Waals surface area contributed by atoms with Crippen molar-refractivity contribution < 1.29 is 9.53 Å². The summed E-state index contributed by atoms with van der Waals surface area (Å²) in [6, 6.07) is 0.116. The normalized spacial score (nSPS) is 22.9. The zero-order chi connectivity index (χ0) is 13.1. The molecule has 0 aromatic rings. The van der Waals surface area contributed by atoms with Crippen LogP contribution >= 0.6 is 0 Å². The molecule has 0 aromatic heterocycles. The Labute approximate surface area is 104 Å². The zero-order valence-corrected chi connectivity index (χ0v) is 11.4. The summed E-state index contributed by atoms with van der Waals surface area (Å²) in [7, 11) is 2.05. The highest BCUT2D eigenvalue weighted by atomic mass is 16.5. The van der Waals surface area contributed by atoms with Crippen molar-refractivity contribution in [3.8, 4) is 0 Å². The van der Waals surface area contributed by atoms with E-state index in [1.54, 1.807) is 0 Å². The second kappa shape index (κ2) is 5.80. The van der Waals surface area contributed by atoms with Crippen LogP contribution in [0, 0.1) is 0 Å². The van der Waals surface area contributed by atoms with Crippen LogP contribution in [0.15, 0.2) is 0 Å². The minimum atomic E-state index is -0.277. The van der Waals surface area contributed by atoms with Crippen molar-refractivity contribution in [2.75, 3.05) is 39.8 Å². The van der Waals surface area contributed by atoms with Gasteiger partial charge in [0.25, 0.3) is 0 Å². The highest BCUT2D eigenvalue weighted by Crippen LogP contribution is 2.11. The lowest BCUT2D eigenvalue weighted by Crippen LogP contribution is -2.57. The molecule has 1 unspecified atom stereocenters. The summed E-state index contributed by atoms with van der Waals surface area (Å²) in [6.45, 7) is 8.98. The molecular formula is C12H25N3O2. The Hall–Kier alpha value is -0.650. The Kier molecular flexibility index (Phi) is 4.91. The number of likely N-dealkylation sites (N-methyl/N-ethyl adjacent to an activating group) is 1. The molecule has 1 aliphatic rings. The third kappa shape index (κ3) is 4.61. The van der Waals surface area contributed by atoms with Crippen LogP contribution in [-0.4, -0.2) is 67.2 Å². The largest absolute Gasteiger partial charge is 0.366 e. The van der Waals surface area contributed by atoms with Crippen LogP contribution in [-0.2, 0) is 9.53 Å². The summed E-state index contributed by atoms with van der Waals surface area (Å²) in [5, 5.41) is 0. The number of ether oxygens (including phenoxy) is 1. The van der Waals surface area contributed by atoms with Crippen molar-refractivity contribution in [2.24, 2.45) is 5.73 Å². The minimum absolute atomic E-state index is 0.0449. The van der Waals surface area contributed by atoms with Gasteiger partial charge >= 0.3 is 0 Å². The topological polar surface area (TPSA) is 58.8 Å². The van der Waals surface area contributed by atoms with E-state index >= 15 is 0 Å². The maximum absolute atomic E-state index is 12.0. The lowest BCUT2D eigenvalue weighted by Gasteiger charge is -2.39. The van der Waals surface area contributed by atoms with Crippen molar-refractivity contribution in [3.63, 3.8) is 0 Å². The summed E-state index contributed by atoms with van der Waals surface area (Å²) in [5.74, 6) is 0.0449. The molecule has 5 nitrogen and oxygen atoms in total. The summed E-state index contributed by atoms with van der Waals surface area (Å²) < 4.78 is 5.52. The summed E-state index contributed by atoms with van der Waals surface area (Å²) in [4.78, 5) is 16.1. The van der Waals surface area contributed by atoms with Gasteiger partial charge in [-0.2, -0.15) is 0 Å². The van der Waals surface area contributed by atoms with Gasteiger partial charge < -0.3 is 20.3 Å². The Bertz CT molecular complexity index is 263. The Morgan fingerprint density at radius 2 is 2.06 bits per heavy atom. The average molecular weight is 243 g/mol. The van der Waals surface area contributed by atoms with Crippen LogP contribution in [0.5, 0.6) is 0 Å². The van der Waals surface area contributed by atoms with Gasteiger partial charge in [0.15, 0.2) is 0 Å². The quantitative estimate of drug-likeness (QED) is 0.752. The molecule has 0 spiro atoms. The smallest absolute Gasteiger partial charge is 0.248 e. The number of hydrogen-bond acceptors (Lipinski definition) is 4. The molecule has 5 heteroatoms. The number of hydrogen-bond donors (Lipinski definition) is 1. The first-order valence-corrected chi connectivity index (χ1v) is 6.15. The lowest BCUT2D eigenvalue weighted by atomic mass is 10.1. The molecule has 1 atom stereocenters. The van der Waals surface area contributed by atoms with E-state index in [2.05, 4.69) is 11.9 Å².